The molecule has 6 nitrogen and oxygen atoms in total. The molecule has 0 fully saturated rings. The van der Waals surface area contributed by atoms with E-state index in [0.29, 0.717) is 35.5 Å². The van der Waals surface area contributed by atoms with Gasteiger partial charge in [0.15, 0.2) is 0 Å². The molecule has 0 aliphatic heterocycles. The predicted octanol–water partition coefficient (Wildman–Crippen LogP) is 3.55. The van der Waals surface area contributed by atoms with Crippen LogP contribution >= 0.6 is 36.4 Å². The zero-order valence-electron chi connectivity index (χ0n) is 13.5. The van der Waals surface area contributed by atoms with Crippen LogP contribution < -0.4 is 15.4 Å². The first kappa shape index (κ1) is 23.4. The van der Waals surface area contributed by atoms with Gasteiger partial charge in [-0.25, -0.2) is 4.98 Å². The van der Waals surface area contributed by atoms with Gasteiger partial charge in [-0.15, -0.1) is 24.8 Å². The molecule has 0 saturated carbocycles. The number of aromatic nitrogens is 1. The van der Waals surface area contributed by atoms with E-state index in [9.17, 15) is 4.79 Å². The monoisotopic (exact) mass is 407 g/mol. The molecule has 2 N–H and O–H groups in total. The lowest BCUT2D eigenvalue weighted by Crippen LogP contribution is -2.30. The summed E-state index contributed by atoms with van der Waals surface area (Å²) in [6, 6.07) is 10.4. The number of benzene rings is 1. The van der Waals surface area contributed by atoms with E-state index in [1.165, 1.54) is 6.20 Å². The Bertz CT molecular complexity index is 625. The Kier molecular flexibility index (Phi) is 11.9. The van der Waals surface area contributed by atoms with E-state index in [4.69, 9.17) is 21.1 Å². The number of hydrogen-bond donors (Lipinski definition) is 2. The van der Waals surface area contributed by atoms with Crippen molar-refractivity contribution < 1.29 is 14.3 Å². The van der Waals surface area contributed by atoms with Crippen molar-refractivity contribution in [1.29, 1.82) is 0 Å². The number of nitrogens with one attached hydrogen (secondary N) is 2. The third-order valence-electron chi connectivity index (χ3n) is 2.83. The second kappa shape index (κ2) is 12.7. The zero-order chi connectivity index (χ0) is 16.5. The number of carbonyl (C=O) groups is 1. The highest BCUT2D eigenvalue weighted by atomic mass is 35.5. The standard InChI is InChI=1S/C16H18ClN3O3.2ClH/c1-22-9-8-18-11-15(21)20-13-3-5-14(6-4-13)23-16-7-2-12(17)10-19-16;;/h2-7,10,18H,8-9,11H2,1H3,(H,20,21);2*1H. The Labute approximate surface area is 164 Å². The minimum absolute atomic E-state index is 0. The normalized spacial score (nSPS) is 9.52. The Hall–Kier alpha value is -1.57. The molecular formula is C16H20Cl3N3O3. The van der Waals surface area contributed by atoms with Gasteiger partial charge in [-0.3, -0.25) is 4.79 Å². The molecule has 25 heavy (non-hydrogen) atoms. The molecule has 138 valence electrons. The summed E-state index contributed by atoms with van der Waals surface area (Å²) >= 11 is 5.77. The van der Waals surface area contributed by atoms with Gasteiger partial charge in [-0.05, 0) is 30.3 Å². The lowest BCUT2D eigenvalue weighted by molar-refractivity contribution is -0.115. The van der Waals surface area contributed by atoms with Crippen LogP contribution in [-0.2, 0) is 9.53 Å². The lowest BCUT2D eigenvalue weighted by Gasteiger charge is -2.08. The number of pyridine rings is 1. The Morgan fingerprint density at radius 1 is 1.16 bits per heavy atom. The number of nitrogens with zero attached hydrogens (tertiary/aromatic N) is 1. The summed E-state index contributed by atoms with van der Waals surface area (Å²) in [5.41, 5.74) is 0.694. The fourth-order valence-electron chi connectivity index (χ4n) is 1.73. The minimum Gasteiger partial charge on any atom is -0.439 e. The van der Waals surface area contributed by atoms with Crippen LogP contribution in [-0.4, -0.2) is 37.7 Å². The number of anilines is 1. The van der Waals surface area contributed by atoms with Gasteiger partial charge in [0, 0.05) is 31.6 Å². The van der Waals surface area contributed by atoms with Gasteiger partial charge in [0.2, 0.25) is 11.8 Å². The largest absolute Gasteiger partial charge is 0.439 e. The first-order valence-corrected chi connectivity index (χ1v) is 7.44. The van der Waals surface area contributed by atoms with Crippen LogP contribution in [0.15, 0.2) is 42.6 Å². The van der Waals surface area contributed by atoms with E-state index in [-0.39, 0.29) is 37.3 Å². The van der Waals surface area contributed by atoms with Crippen molar-refractivity contribution in [2.24, 2.45) is 0 Å². The summed E-state index contributed by atoms with van der Waals surface area (Å²) in [5, 5.41) is 6.31. The summed E-state index contributed by atoms with van der Waals surface area (Å²) in [6.45, 7) is 1.43. The fraction of sp³-hybridized carbons (Fsp3) is 0.250. The number of halogens is 3. The third-order valence-corrected chi connectivity index (χ3v) is 3.05. The quantitative estimate of drug-likeness (QED) is 0.654. The zero-order valence-corrected chi connectivity index (χ0v) is 15.9. The van der Waals surface area contributed by atoms with Gasteiger partial charge in [-0.2, -0.15) is 0 Å². The first-order valence-electron chi connectivity index (χ1n) is 7.06. The van der Waals surface area contributed by atoms with Crippen molar-refractivity contribution in [3.63, 3.8) is 0 Å². The van der Waals surface area contributed by atoms with Crippen molar-refractivity contribution in [1.82, 2.24) is 10.3 Å². The van der Waals surface area contributed by atoms with Crippen LogP contribution in [0.3, 0.4) is 0 Å². The van der Waals surface area contributed by atoms with E-state index in [1.807, 2.05) is 0 Å². The van der Waals surface area contributed by atoms with Gasteiger partial charge in [0.25, 0.3) is 0 Å². The van der Waals surface area contributed by atoms with Crippen LogP contribution in [0.25, 0.3) is 0 Å². The molecule has 2 aromatic rings. The fourth-order valence-corrected chi connectivity index (χ4v) is 1.84. The molecule has 0 spiro atoms. The Morgan fingerprint density at radius 3 is 2.48 bits per heavy atom. The molecule has 1 aromatic carbocycles. The number of ether oxygens (including phenoxy) is 2. The van der Waals surface area contributed by atoms with Crippen LogP contribution in [0.2, 0.25) is 5.02 Å². The average Bonchev–Trinajstić information content (AvgIpc) is 2.56. The molecule has 0 saturated heterocycles. The number of hydrogen-bond acceptors (Lipinski definition) is 5. The molecule has 0 aliphatic rings. The molecule has 1 amide bonds. The van der Waals surface area contributed by atoms with Crippen molar-refractivity contribution in [3.8, 4) is 11.6 Å². The molecule has 9 heteroatoms. The maximum atomic E-state index is 11.7. The van der Waals surface area contributed by atoms with Crippen LogP contribution in [0, 0.1) is 0 Å². The number of amides is 1. The van der Waals surface area contributed by atoms with Crippen LogP contribution in [0.1, 0.15) is 0 Å². The van der Waals surface area contributed by atoms with E-state index < -0.39 is 0 Å². The average molecular weight is 409 g/mol. The van der Waals surface area contributed by atoms with Crippen LogP contribution in [0.4, 0.5) is 5.69 Å². The van der Waals surface area contributed by atoms with Gasteiger partial charge >= 0.3 is 0 Å². The SMILES string of the molecule is COCCNCC(=O)Nc1ccc(Oc2ccc(Cl)cn2)cc1.Cl.Cl. The molecule has 0 bridgehead atoms. The molecule has 1 heterocycles. The first-order chi connectivity index (χ1) is 11.2. The van der Waals surface area contributed by atoms with Crippen LogP contribution in [0.5, 0.6) is 11.6 Å². The van der Waals surface area contributed by atoms with Crippen molar-refractivity contribution in [3.05, 3.63) is 47.6 Å². The number of methoxy groups -OCH3 is 1. The minimum atomic E-state index is -0.117. The van der Waals surface area contributed by atoms with E-state index >= 15 is 0 Å². The molecule has 1 aromatic heterocycles. The molecule has 0 atom stereocenters. The van der Waals surface area contributed by atoms with E-state index in [2.05, 4.69) is 15.6 Å². The summed E-state index contributed by atoms with van der Waals surface area (Å²) < 4.78 is 10.5. The highest BCUT2D eigenvalue weighted by Gasteiger charge is 2.03. The van der Waals surface area contributed by atoms with E-state index in [0.717, 1.165) is 0 Å². The molecule has 0 radical (unpaired) electrons. The van der Waals surface area contributed by atoms with Gasteiger partial charge in [-0.1, -0.05) is 11.6 Å². The van der Waals surface area contributed by atoms with Gasteiger partial charge in [0.1, 0.15) is 5.75 Å². The summed E-state index contributed by atoms with van der Waals surface area (Å²) in [5.74, 6) is 0.957. The second-order valence-electron chi connectivity index (χ2n) is 4.66. The topological polar surface area (TPSA) is 72.5 Å². The second-order valence-corrected chi connectivity index (χ2v) is 5.10. The Morgan fingerprint density at radius 2 is 1.88 bits per heavy atom. The Balaban J connectivity index is 0.00000288. The number of carbonyl (C=O) groups excluding carboxylic acids is 1. The summed E-state index contributed by atoms with van der Waals surface area (Å²) in [4.78, 5) is 15.8. The van der Waals surface area contributed by atoms with Crippen molar-refractivity contribution in [2.45, 2.75) is 0 Å². The van der Waals surface area contributed by atoms with Gasteiger partial charge in [0.05, 0.1) is 18.2 Å². The highest BCUT2D eigenvalue weighted by Crippen LogP contribution is 2.22. The lowest BCUT2D eigenvalue weighted by atomic mass is 10.3. The predicted molar refractivity (Wildman–Crippen MR) is 104 cm³/mol. The van der Waals surface area contributed by atoms with E-state index in [1.54, 1.807) is 43.5 Å². The van der Waals surface area contributed by atoms with Gasteiger partial charge < -0.3 is 20.1 Å². The molecule has 2 rings (SSSR count). The van der Waals surface area contributed by atoms with Crippen molar-refractivity contribution in [2.75, 3.05) is 32.1 Å². The smallest absolute Gasteiger partial charge is 0.238 e. The molecule has 0 aliphatic carbocycles. The molecule has 0 unspecified atom stereocenters. The molecular weight excluding hydrogens is 389 g/mol. The third kappa shape index (κ3) is 8.90. The summed E-state index contributed by atoms with van der Waals surface area (Å²) in [7, 11) is 1.62. The maximum Gasteiger partial charge on any atom is 0.238 e. The van der Waals surface area contributed by atoms with Crippen molar-refractivity contribution >= 4 is 48.0 Å². The summed E-state index contributed by atoms with van der Waals surface area (Å²) in [6.07, 6.45) is 1.52. The number of rotatable bonds is 8. The highest BCUT2D eigenvalue weighted by molar-refractivity contribution is 6.30. The maximum absolute atomic E-state index is 11.7.